The van der Waals surface area contributed by atoms with E-state index in [4.69, 9.17) is 15.6 Å². The number of aromatic nitrogens is 2. The fourth-order valence-electron chi connectivity index (χ4n) is 1.06. The van der Waals surface area contributed by atoms with E-state index in [0.29, 0.717) is 18.9 Å². The second-order valence-corrected chi connectivity index (χ2v) is 3.20. The van der Waals surface area contributed by atoms with Gasteiger partial charge in [0.25, 0.3) is 5.56 Å². The van der Waals surface area contributed by atoms with Crippen molar-refractivity contribution < 1.29 is 9.84 Å². The maximum absolute atomic E-state index is 11.4. The maximum atomic E-state index is 11.4. The van der Waals surface area contributed by atoms with Gasteiger partial charge in [0.1, 0.15) is 12.4 Å². The average molecular weight is 213 g/mol. The van der Waals surface area contributed by atoms with Crippen LogP contribution in [0, 0.1) is 0 Å². The molecule has 6 nitrogen and oxygen atoms in total. The van der Waals surface area contributed by atoms with Gasteiger partial charge in [-0.3, -0.25) is 4.79 Å². The van der Waals surface area contributed by atoms with Crippen LogP contribution in [0.2, 0.25) is 0 Å². The number of nitrogens with two attached hydrogens (primary N) is 1. The number of hydrogen-bond donors (Lipinski definition) is 2. The fourth-order valence-corrected chi connectivity index (χ4v) is 1.06. The minimum absolute atomic E-state index is 0.177. The Morgan fingerprint density at radius 3 is 3.00 bits per heavy atom. The SMILES string of the molecule is CC(O)Cn1ncc(OCCN)cc1=O. The maximum Gasteiger partial charge on any atom is 0.270 e. The van der Waals surface area contributed by atoms with E-state index >= 15 is 0 Å². The molecule has 0 amide bonds. The van der Waals surface area contributed by atoms with Gasteiger partial charge < -0.3 is 15.6 Å². The van der Waals surface area contributed by atoms with Gasteiger partial charge in [0, 0.05) is 12.6 Å². The predicted molar refractivity (Wildman–Crippen MR) is 54.7 cm³/mol. The van der Waals surface area contributed by atoms with E-state index in [1.807, 2.05) is 0 Å². The summed E-state index contributed by atoms with van der Waals surface area (Å²) in [6.07, 6.45) is 0.824. The van der Waals surface area contributed by atoms with Crippen LogP contribution in [0.25, 0.3) is 0 Å². The number of nitrogens with zero attached hydrogens (tertiary/aromatic N) is 2. The van der Waals surface area contributed by atoms with Gasteiger partial charge in [-0.25, -0.2) is 4.68 Å². The molecule has 1 unspecified atom stereocenters. The Balaban J connectivity index is 2.74. The van der Waals surface area contributed by atoms with Crippen molar-refractivity contribution in [1.82, 2.24) is 9.78 Å². The first-order valence-corrected chi connectivity index (χ1v) is 4.71. The molecule has 0 aliphatic rings. The van der Waals surface area contributed by atoms with Crippen LogP contribution in [-0.2, 0) is 6.54 Å². The van der Waals surface area contributed by atoms with Gasteiger partial charge in [-0.2, -0.15) is 5.10 Å². The molecule has 0 aliphatic carbocycles. The molecule has 0 bridgehead atoms. The highest BCUT2D eigenvalue weighted by Gasteiger charge is 2.03. The lowest BCUT2D eigenvalue weighted by molar-refractivity contribution is 0.165. The van der Waals surface area contributed by atoms with Gasteiger partial charge in [0.15, 0.2) is 0 Å². The molecule has 0 spiro atoms. The summed E-state index contributed by atoms with van der Waals surface area (Å²) >= 11 is 0. The quantitative estimate of drug-likeness (QED) is 0.652. The zero-order valence-electron chi connectivity index (χ0n) is 8.59. The zero-order chi connectivity index (χ0) is 11.3. The Morgan fingerprint density at radius 1 is 1.73 bits per heavy atom. The summed E-state index contributed by atoms with van der Waals surface area (Å²) in [6, 6.07) is 1.32. The first-order valence-electron chi connectivity index (χ1n) is 4.71. The van der Waals surface area contributed by atoms with Crippen molar-refractivity contribution in [3.8, 4) is 5.75 Å². The normalized spacial score (nSPS) is 12.5. The fraction of sp³-hybridized carbons (Fsp3) is 0.556. The van der Waals surface area contributed by atoms with Crippen LogP contribution in [-0.4, -0.2) is 34.1 Å². The summed E-state index contributed by atoms with van der Waals surface area (Å²) < 4.78 is 6.31. The minimum Gasteiger partial charge on any atom is -0.490 e. The van der Waals surface area contributed by atoms with E-state index in [2.05, 4.69) is 5.10 Å². The largest absolute Gasteiger partial charge is 0.490 e. The van der Waals surface area contributed by atoms with Gasteiger partial charge in [-0.05, 0) is 6.92 Å². The van der Waals surface area contributed by atoms with Gasteiger partial charge >= 0.3 is 0 Å². The van der Waals surface area contributed by atoms with Crippen LogP contribution in [0.4, 0.5) is 0 Å². The molecule has 0 fully saturated rings. The van der Waals surface area contributed by atoms with E-state index in [9.17, 15) is 4.79 Å². The van der Waals surface area contributed by atoms with Crippen LogP contribution in [0.3, 0.4) is 0 Å². The molecule has 1 aromatic rings. The van der Waals surface area contributed by atoms with E-state index in [-0.39, 0.29) is 12.1 Å². The summed E-state index contributed by atoms with van der Waals surface area (Å²) in [5.74, 6) is 0.396. The standard InChI is InChI=1S/C9H15N3O3/c1-7(13)6-12-9(14)4-8(5-11-12)15-3-2-10/h4-5,7,13H,2-3,6,10H2,1H3. The third-order valence-corrected chi connectivity index (χ3v) is 1.67. The highest BCUT2D eigenvalue weighted by molar-refractivity contribution is 5.13. The molecule has 0 radical (unpaired) electrons. The lowest BCUT2D eigenvalue weighted by Crippen LogP contribution is -2.27. The molecule has 1 atom stereocenters. The summed E-state index contributed by atoms with van der Waals surface area (Å²) in [6.45, 7) is 2.50. The lowest BCUT2D eigenvalue weighted by Gasteiger charge is -2.08. The molecular weight excluding hydrogens is 198 g/mol. The number of aliphatic hydroxyl groups excluding tert-OH is 1. The molecule has 1 heterocycles. The smallest absolute Gasteiger partial charge is 0.270 e. The van der Waals surface area contributed by atoms with Crippen molar-refractivity contribution in [2.75, 3.05) is 13.2 Å². The monoisotopic (exact) mass is 213 g/mol. The minimum atomic E-state index is -0.606. The summed E-state index contributed by atoms with van der Waals surface area (Å²) in [4.78, 5) is 11.4. The molecule has 0 aliphatic heterocycles. The molecule has 1 rings (SSSR count). The third kappa shape index (κ3) is 3.69. The Labute approximate surface area is 87.3 Å². The van der Waals surface area contributed by atoms with E-state index in [0.717, 1.165) is 0 Å². The number of aliphatic hydroxyl groups is 1. The first kappa shape index (κ1) is 11.7. The predicted octanol–water partition coefficient (Wildman–Crippen LogP) is -1.04. The first-order chi connectivity index (χ1) is 7.13. The van der Waals surface area contributed by atoms with Crippen molar-refractivity contribution in [3.63, 3.8) is 0 Å². The topological polar surface area (TPSA) is 90.4 Å². The molecular formula is C9H15N3O3. The Hall–Kier alpha value is -1.40. The average Bonchev–Trinajstić information content (AvgIpc) is 2.18. The highest BCUT2D eigenvalue weighted by atomic mass is 16.5. The second kappa shape index (κ2) is 5.47. The van der Waals surface area contributed by atoms with Gasteiger partial charge in [0.2, 0.25) is 0 Å². The summed E-state index contributed by atoms with van der Waals surface area (Å²) in [7, 11) is 0. The molecule has 6 heteroatoms. The van der Waals surface area contributed by atoms with Crippen LogP contribution in [0.5, 0.6) is 5.75 Å². The Bertz CT molecular complexity index is 362. The number of ether oxygens (including phenoxy) is 1. The third-order valence-electron chi connectivity index (χ3n) is 1.67. The molecule has 1 aromatic heterocycles. The Kier molecular flexibility index (Phi) is 4.26. The van der Waals surface area contributed by atoms with Crippen molar-refractivity contribution in [2.24, 2.45) is 5.73 Å². The number of rotatable bonds is 5. The van der Waals surface area contributed by atoms with E-state index in [1.54, 1.807) is 6.92 Å². The lowest BCUT2D eigenvalue weighted by atomic mass is 10.4. The van der Waals surface area contributed by atoms with Gasteiger partial charge in [-0.15, -0.1) is 0 Å². The van der Waals surface area contributed by atoms with Gasteiger partial charge in [-0.1, -0.05) is 0 Å². The second-order valence-electron chi connectivity index (χ2n) is 3.20. The molecule has 84 valence electrons. The van der Waals surface area contributed by atoms with Crippen LogP contribution in [0.1, 0.15) is 6.92 Å². The molecule has 0 saturated heterocycles. The van der Waals surface area contributed by atoms with Crippen molar-refractivity contribution in [3.05, 3.63) is 22.6 Å². The molecule has 0 saturated carbocycles. The van der Waals surface area contributed by atoms with Crippen LogP contribution < -0.4 is 16.0 Å². The van der Waals surface area contributed by atoms with Crippen LogP contribution in [0.15, 0.2) is 17.1 Å². The Morgan fingerprint density at radius 2 is 2.47 bits per heavy atom. The van der Waals surface area contributed by atoms with E-state index in [1.165, 1.54) is 16.9 Å². The zero-order valence-corrected chi connectivity index (χ0v) is 8.59. The van der Waals surface area contributed by atoms with Crippen LogP contribution >= 0.6 is 0 Å². The summed E-state index contributed by atoms with van der Waals surface area (Å²) in [5, 5.41) is 12.9. The molecule has 0 aromatic carbocycles. The summed E-state index contributed by atoms with van der Waals surface area (Å²) in [5.41, 5.74) is 4.95. The van der Waals surface area contributed by atoms with Crippen molar-refractivity contribution in [2.45, 2.75) is 19.6 Å². The van der Waals surface area contributed by atoms with Crippen molar-refractivity contribution in [1.29, 1.82) is 0 Å². The van der Waals surface area contributed by atoms with Gasteiger partial charge in [0.05, 0.1) is 18.8 Å². The van der Waals surface area contributed by atoms with E-state index < -0.39 is 6.10 Å². The number of hydrogen-bond acceptors (Lipinski definition) is 5. The molecule has 3 N–H and O–H groups in total. The highest BCUT2D eigenvalue weighted by Crippen LogP contribution is 2.02. The van der Waals surface area contributed by atoms with Crippen molar-refractivity contribution >= 4 is 0 Å². The molecule has 15 heavy (non-hydrogen) atoms.